The van der Waals surface area contributed by atoms with Crippen molar-refractivity contribution < 1.29 is 4.79 Å². The van der Waals surface area contributed by atoms with Crippen LogP contribution in [0.25, 0.3) is 0 Å². The summed E-state index contributed by atoms with van der Waals surface area (Å²) < 4.78 is 2.28. The minimum Gasteiger partial charge on any atom is -0.323 e. The van der Waals surface area contributed by atoms with Crippen molar-refractivity contribution in [1.82, 2.24) is 9.55 Å². The van der Waals surface area contributed by atoms with E-state index in [1.807, 2.05) is 0 Å². The molecule has 1 heterocycles. The zero-order valence-electron chi connectivity index (χ0n) is 12.4. The number of thioether (sulfide) groups is 1. The molecule has 1 aliphatic rings. The molecule has 19 heavy (non-hydrogen) atoms. The third-order valence-corrected chi connectivity index (χ3v) is 5.02. The summed E-state index contributed by atoms with van der Waals surface area (Å²) in [6, 6.07) is 0. The van der Waals surface area contributed by atoms with E-state index in [0.29, 0.717) is 11.7 Å². The van der Waals surface area contributed by atoms with Crippen LogP contribution in [0.2, 0.25) is 0 Å². The molecule has 1 saturated carbocycles. The number of hydrogen-bond acceptors (Lipinski definition) is 3. The van der Waals surface area contributed by atoms with Gasteiger partial charge in [-0.25, -0.2) is 4.98 Å². The molecule has 0 amide bonds. The SMILES string of the molecule is Cc1nc(SC2CCCCC2=O)n(CC(C)C)c1C. The Morgan fingerprint density at radius 2 is 2.11 bits per heavy atom. The Bertz CT molecular complexity index is 465. The Hall–Kier alpha value is -0.770. The number of ketones is 1. The maximum Gasteiger partial charge on any atom is 0.169 e. The Morgan fingerprint density at radius 3 is 2.74 bits per heavy atom. The van der Waals surface area contributed by atoms with E-state index >= 15 is 0 Å². The molecule has 106 valence electrons. The molecule has 0 aliphatic heterocycles. The van der Waals surface area contributed by atoms with Crippen LogP contribution < -0.4 is 0 Å². The largest absolute Gasteiger partial charge is 0.323 e. The smallest absolute Gasteiger partial charge is 0.169 e. The summed E-state index contributed by atoms with van der Waals surface area (Å²) in [6.45, 7) is 9.59. The van der Waals surface area contributed by atoms with E-state index in [-0.39, 0.29) is 5.25 Å². The topological polar surface area (TPSA) is 34.9 Å². The fourth-order valence-electron chi connectivity index (χ4n) is 2.50. The number of imidazole rings is 1. The number of carbonyl (C=O) groups excluding carboxylic acids is 1. The van der Waals surface area contributed by atoms with E-state index in [4.69, 9.17) is 0 Å². The number of carbonyl (C=O) groups is 1. The fourth-order valence-corrected chi connectivity index (χ4v) is 3.81. The summed E-state index contributed by atoms with van der Waals surface area (Å²) in [7, 11) is 0. The molecule has 3 nitrogen and oxygen atoms in total. The van der Waals surface area contributed by atoms with Gasteiger partial charge < -0.3 is 4.57 Å². The van der Waals surface area contributed by atoms with Crippen molar-refractivity contribution in [1.29, 1.82) is 0 Å². The summed E-state index contributed by atoms with van der Waals surface area (Å²) in [5.41, 5.74) is 2.32. The maximum atomic E-state index is 12.0. The van der Waals surface area contributed by atoms with Gasteiger partial charge >= 0.3 is 0 Å². The highest BCUT2D eigenvalue weighted by Crippen LogP contribution is 2.32. The molecule has 1 aromatic rings. The lowest BCUT2D eigenvalue weighted by Crippen LogP contribution is -2.22. The van der Waals surface area contributed by atoms with Crippen molar-refractivity contribution in [3.63, 3.8) is 0 Å². The normalized spacial score (nSPS) is 20.3. The standard InChI is InChI=1S/C15H24N2OS/c1-10(2)9-17-12(4)11(3)16-15(17)19-14-8-6-5-7-13(14)18/h10,14H,5-9H2,1-4H3. The summed E-state index contributed by atoms with van der Waals surface area (Å²) in [6.07, 6.45) is 4.00. The molecular weight excluding hydrogens is 256 g/mol. The zero-order valence-corrected chi connectivity index (χ0v) is 13.2. The molecule has 1 aromatic heterocycles. The quantitative estimate of drug-likeness (QED) is 0.842. The fraction of sp³-hybridized carbons (Fsp3) is 0.733. The molecule has 4 heteroatoms. The molecule has 0 saturated heterocycles. The van der Waals surface area contributed by atoms with Crippen LogP contribution in [0, 0.1) is 19.8 Å². The van der Waals surface area contributed by atoms with Gasteiger partial charge in [0.05, 0.1) is 10.9 Å². The second kappa shape index (κ2) is 6.12. The summed E-state index contributed by atoms with van der Waals surface area (Å²) >= 11 is 1.68. The van der Waals surface area contributed by atoms with E-state index in [1.165, 1.54) is 12.1 Å². The number of aromatic nitrogens is 2. The molecule has 0 radical (unpaired) electrons. The first kappa shape index (κ1) is 14.6. The molecule has 0 aromatic carbocycles. The van der Waals surface area contributed by atoms with Crippen LogP contribution in [0.5, 0.6) is 0 Å². The van der Waals surface area contributed by atoms with Gasteiger partial charge in [0, 0.05) is 18.7 Å². The minimum atomic E-state index is 0.126. The van der Waals surface area contributed by atoms with Gasteiger partial charge in [0.2, 0.25) is 0 Å². The van der Waals surface area contributed by atoms with E-state index in [1.54, 1.807) is 11.8 Å². The summed E-state index contributed by atoms with van der Waals surface area (Å²) in [4.78, 5) is 16.6. The lowest BCUT2D eigenvalue weighted by molar-refractivity contribution is -0.119. The highest BCUT2D eigenvalue weighted by molar-refractivity contribution is 8.00. The van der Waals surface area contributed by atoms with Crippen LogP contribution in [0.1, 0.15) is 50.9 Å². The van der Waals surface area contributed by atoms with Gasteiger partial charge in [-0.2, -0.15) is 0 Å². The highest BCUT2D eigenvalue weighted by Gasteiger charge is 2.25. The molecule has 2 rings (SSSR count). The Morgan fingerprint density at radius 1 is 1.37 bits per heavy atom. The molecule has 1 aliphatic carbocycles. The van der Waals surface area contributed by atoms with Crippen LogP contribution in [0.3, 0.4) is 0 Å². The number of nitrogens with zero attached hydrogens (tertiary/aromatic N) is 2. The molecule has 0 N–H and O–H groups in total. The second-order valence-corrected chi connectivity index (χ2v) is 7.06. The van der Waals surface area contributed by atoms with Crippen molar-refractivity contribution in [3.8, 4) is 0 Å². The molecular formula is C15H24N2OS. The molecule has 1 unspecified atom stereocenters. The van der Waals surface area contributed by atoms with E-state index in [0.717, 1.165) is 36.7 Å². The van der Waals surface area contributed by atoms with Crippen LogP contribution in [-0.4, -0.2) is 20.6 Å². The third kappa shape index (κ3) is 3.41. The lowest BCUT2D eigenvalue weighted by Gasteiger charge is -2.20. The maximum absolute atomic E-state index is 12.0. The Balaban J connectivity index is 2.19. The predicted octanol–water partition coefficient (Wildman–Crippen LogP) is 3.76. The average molecular weight is 280 g/mol. The predicted molar refractivity (Wildman–Crippen MR) is 79.7 cm³/mol. The monoisotopic (exact) mass is 280 g/mol. The van der Waals surface area contributed by atoms with Crippen LogP contribution in [0.4, 0.5) is 0 Å². The number of hydrogen-bond donors (Lipinski definition) is 0. The van der Waals surface area contributed by atoms with Crippen molar-refractivity contribution in [2.45, 2.75) is 70.3 Å². The highest BCUT2D eigenvalue weighted by atomic mass is 32.2. The van der Waals surface area contributed by atoms with E-state index in [9.17, 15) is 4.79 Å². The number of rotatable bonds is 4. The Labute approximate surface area is 120 Å². The zero-order chi connectivity index (χ0) is 14.0. The van der Waals surface area contributed by atoms with Gasteiger partial charge in [0.25, 0.3) is 0 Å². The van der Waals surface area contributed by atoms with E-state index in [2.05, 4.69) is 37.2 Å². The Kier molecular flexibility index (Phi) is 4.71. The number of aryl methyl sites for hydroxylation is 1. The van der Waals surface area contributed by atoms with Crippen LogP contribution in [0.15, 0.2) is 5.16 Å². The average Bonchev–Trinajstić information content (AvgIpc) is 2.60. The first-order chi connectivity index (χ1) is 8.99. The first-order valence-corrected chi connectivity index (χ1v) is 8.10. The van der Waals surface area contributed by atoms with Gasteiger partial charge in [-0.15, -0.1) is 0 Å². The molecule has 0 bridgehead atoms. The number of Topliss-reactive ketones (excluding diaryl/α,β-unsaturated/α-hetero) is 1. The van der Waals surface area contributed by atoms with Crippen molar-refractivity contribution in [2.24, 2.45) is 5.92 Å². The van der Waals surface area contributed by atoms with Gasteiger partial charge in [-0.05, 0) is 32.6 Å². The van der Waals surface area contributed by atoms with Crippen LogP contribution >= 0.6 is 11.8 Å². The second-order valence-electron chi connectivity index (χ2n) is 5.89. The first-order valence-electron chi connectivity index (χ1n) is 7.22. The molecule has 0 spiro atoms. The van der Waals surface area contributed by atoms with Gasteiger partial charge in [0.1, 0.15) is 5.78 Å². The van der Waals surface area contributed by atoms with Gasteiger partial charge in [0.15, 0.2) is 5.16 Å². The summed E-state index contributed by atoms with van der Waals surface area (Å²) in [5, 5.41) is 1.16. The summed E-state index contributed by atoms with van der Waals surface area (Å²) in [5.74, 6) is 0.999. The van der Waals surface area contributed by atoms with E-state index < -0.39 is 0 Å². The molecule has 1 atom stereocenters. The minimum absolute atomic E-state index is 0.126. The molecule has 1 fully saturated rings. The third-order valence-electron chi connectivity index (χ3n) is 3.72. The lowest BCUT2D eigenvalue weighted by atomic mass is 9.99. The van der Waals surface area contributed by atoms with Crippen LogP contribution in [-0.2, 0) is 11.3 Å². The van der Waals surface area contributed by atoms with Crippen molar-refractivity contribution in [3.05, 3.63) is 11.4 Å². The van der Waals surface area contributed by atoms with Gasteiger partial charge in [-0.1, -0.05) is 32.0 Å². The van der Waals surface area contributed by atoms with Crippen molar-refractivity contribution in [2.75, 3.05) is 0 Å². The van der Waals surface area contributed by atoms with Gasteiger partial charge in [-0.3, -0.25) is 4.79 Å². The van der Waals surface area contributed by atoms with Crippen molar-refractivity contribution >= 4 is 17.5 Å².